The van der Waals surface area contributed by atoms with Gasteiger partial charge < -0.3 is 10.6 Å². The molecule has 0 heterocycles. The monoisotopic (exact) mass is 352 g/mol. The lowest BCUT2D eigenvalue weighted by Crippen LogP contribution is -2.36. The second kappa shape index (κ2) is 8.19. The molecule has 1 saturated carbocycles. The summed E-state index contributed by atoms with van der Waals surface area (Å²) in [7, 11) is 0. The lowest BCUT2D eigenvalue weighted by atomic mass is 9.93. The maximum atomic E-state index is 6.08. The third-order valence-corrected chi connectivity index (χ3v) is 5.47. The Bertz CT molecular complexity index is 441. The third-order valence-electron chi connectivity index (χ3n) is 4.73. The minimum absolute atomic E-state index is 0.257. The van der Waals surface area contributed by atoms with Gasteiger partial charge in [0.1, 0.15) is 0 Å². The molecule has 1 aliphatic carbocycles. The summed E-state index contributed by atoms with van der Waals surface area (Å²) < 4.78 is 1.21. The van der Waals surface area contributed by atoms with Crippen LogP contribution in [0.4, 0.5) is 5.69 Å². The first-order valence-corrected chi connectivity index (χ1v) is 9.25. The van der Waals surface area contributed by atoms with Crippen LogP contribution in [0.25, 0.3) is 0 Å². The van der Waals surface area contributed by atoms with Gasteiger partial charge in [-0.1, -0.05) is 48.2 Å². The number of benzene rings is 1. The number of halogens is 1. The van der Waals surface area contributed by atoms with Crippen molar-refractivity contribution >= 4 is 21.6 Å². The summed E-state index contributed by atoms with van der Waals surface area (Å²) in [4.78, 5) is 2.58. The molecule has 2 rings (SSSR count). The number of hydrogen-bond donors (Lipinski definition) is 1. The van der Waals surface area contributed by atoms with Gasteiger partial charge in [-0.15, -0.1) is 0 Å². The molecule has 1 fully saturated rings. The highest BCUT2D eigenvalue weighted by atomic mass is 79.9. The van der Waals surface area contributed by atoms with Crippen molar-refractivity contribution in [3.8, 4) is 0 Å². The summed E-state index contributed by atoms with van der Waals surface area (Å²) >= 11 is 3.74. The van der Waals surface area contributed by atoms with Crippen LogP contribution in [0.3, 0.4) is 0 Å². The van der Waals surface area contributed by atoms with Crippen LogP contribution in [0.1, 0.15) is 57.9 Å². The molecule has 0 saturated heterocycles. The van der Waals surface area contributed by atoms with Crippen molar-refractivity contribution in [3.63, 3.8) is 0 Å². The van der Waals surface area contributed by atoms with Gasteiger partial charge in [0.2, 0.25) is 0 Å². The summed E-state index contributed by atoms with van der Waals surface area (Å²) in [6.45, 7) is 5.50. The maximum absolute atomic E-state index is 6.08. The Morgan fingerprint density at radius 2 is 1.95 bits per heavy atom. The topological polar surface area (TPSA) is 29.3 Å². The van der Waals surface area contributed by atoms with E-state index in [9.17, 15) is 0 Å². The molecule has 0 aliphatic heterocycles. The van der Waals surface area contributed by atoms with E-state index >= 15 is 0 Å². The fraction of sp³-hybridized carbons (Fsp3) is 0.667. The van der Waals surface area contributed by atoms with Crippen molar-refractivity contribution in [2.24, 2.45) is 5.73 Å². The highest BCUT2D eigenvalue weighted by Gasteiger charge is 2.20. The molecule has 1 aliphatic rings. The van der Waals surface area contributed by atoms with E-state index in [1.165, 1.54) is 47.8 Å². The van der Waals surface area contributed by atoms with Crippen molar-refractivity contribution in [2.45, 2.75) is 70.9 Å². The van der Waals surface area contributed by atoms with Crippen molar-refractivity contribution in [2.75, 3.05) is 11.4 Å². The van der Waals surface area contributed by atoms with Crippen LogP contribution in [0.2, 0.25) is 0 Å². The molecule has 0 amide bonds. The molecule has 0 aromatic heterocycles. The molecule has 0 bridgehead atoms. The van der Waals surface area contributed by atoms with Gasteiger partial charge in [-0.2, -0.15) is 0 Å². The van der Waals surface area contributed by atoms with Crippen LogP contribution in [-0.4, -0.2) is 18.6 Å². The SMILES string of the molecule is CCC(N)Cc1ccc(N(CC)C2CCCCC2)cc1Br. The molecule has 0 spiro atoms. The molecule has 118 valence electrons. The Hall–Kier alpha value is -0.540. The molecule has 2 N–H and O–H groups in total. The lowest BCUT2D eigenvalue weighted by molar-refractivity contribution is 0.418. The van der Waals surface area contributed by atoms with E-state index in [-0.39, 0.29) is 6.04 Å². The van der Waals surface area contributed by atoms with Gasteiger partial charge in [0, 0.05) is 28.8 Å². The highest BCUT2D eigenvalue weighted by molar-refractivity contribution is 9.10. The average Bonchev–Trinajstić information content (AvgIpc) is 2.51. The normalized spacial score (nSPS) is 17.7. The van der Waals surface area contributed by atoms with Gasteiger partial charge in [0.15, 0.2) is 0 Å². The predicted molar refractivity (Wildman–Crippen MR) is 96.0 cm³/mol. The van der Waals surface area contributed by atoms with E-state index in [1.54, 1.807) is 0 Å². The van der Waals surface area contributed by atoms with Gasteiger partial charge >= 0.3 is 0 Å². The second-order valence-corrected chi connectivity index (χ2v) is 7.08. The van der Waals surface area contributed by atoms with Crippen LogP contribution in [-0.2, 0) is 6.42 Å². The molecule has 2 nitrogen and oxygen atoms in total. The fourth-order valence-electron chi connectivity index (χ4n) is 3.35. The van der Waals surface area contributed by atoms with Crippen LogP contribution in [0, 0.1) is 0 Å². The third kappa shape index (κ3) is 4.46. The van der Waals surface area contributed by atoms with Crippen molar-refractivity contribution < 1.29 is 0 Å². The highest BCUT2D eigenvalue weighted by Crippen LogP contribution is 2.30. The summed E-state index contributed by atoms with van der Waals surface area (Å²) in [6, 6.07) is 7.80. The van der Waals surface area contributed by atoms with Crippen LogP contribution in [0.5, 0.6) is 0 Å². The molecule has 1 unspecified atom stereocenters. The van der Waals surface area contributed by atoms with E-state index < -0.39 is 0 Å². The number of nitrogens with zero attached hydrogens (tertiary/aromatic N) is 1. The largest absolute Gasteiger partial charge is 0.369 e. The minimum Gasteiger partial charge on any atom is -0.369 e. The number of nitrogens with two attached hydrogens (primary N) is 1. The molecular weight excluding hydrogens is 324 g/mol. The molecular formula is C18H29BrN2. The smallest absolute Gasteiger partial charge is 0.0380 e. The van der Waals surface area contributed by atoms with Gasteiger partial charge in [0.25, 0.3) is 0 Å². The molecule has 21 heavy (non-hydrogen) atoms. The Morgan fingerprint density at radius 3 is 2.52 bits per heavy atom. The minimum atomic E-state index is 0.257. The van der Waals surface area contributed by atoms with Crippen molar-refractivity contribution in [3.05, 3.63) is 28.2 Å². The summed E-state index contributed by atoms with van der Waals surface area (Å²) in [5, 5.41) is 0. The maximum Gasteiger partial charge on any atom is 0.0380 e. The van der Waals surface area contributed by atoms with Gasteiger partial charge in [-0.3, -0.25) is 0 Å². The van der Waals surface area contributed by atoms with Crippen LogP contribution < -0.4 is 10.6 Å². The zero-order valence-electron chi connectivity index (χ0n) is 13.4. The number of anilines is 1. The Kier molecular flexibility index (Phi) is 6.56. The first-order chi connectivity index (χ1) is 10.2. The van der Waals surface area contributed by atoms with Gasteiger partial charge in [-0.05, 0) is 50.3 Å². The average molecular weight is 353 g/mol. The number of rotatable bonds is 6. The molecule has 3 heteroatoms. The Labute approximate surface area is 138 Å². The Balaban J connectivity index is 2.13. The molecule has 1 aromatic carbocycles. The van der Waals surface area contributed by atoms with Gasteiger partial charge in [0.05, 0.1) is 0 Å². The Morgan fingerprint density at radius 1 is 1.24 bits per heavy atom. The fourth-order valence-corrected chi connectivity index (χ4v) is 3.88. The molecule has 1 atom stereocenters. The summed E-state index contributed by atoms with van der Waals surface area (Å²) in [5.41, 5.74) is 8.76. The standard InChI is InChI=1S/C18H29BrN2/c1-3-15(20)12-14-10-11-17(13-18(14)19)21(4-2)16-8-6-5-7-9-16/h10-11,13,15-16H,3-9,12,20H2,1-2H3. The second-order valence-electron chi connectivity index (χ2n) is 6.23. The summed E-state index contributed by atoms with van der Waals surface area (Å²) in [5.74, 6) is 0. The van der Waals surface area contributed by atoms with Crippen LogP contribution in [0.15, 0.2) is 22.7 Å². The summed E-state index contributed by atoms with van der Waals surface area (Å²) in [6.07, 6.45) is 8.83. The zero-order valence-corrected chi connectivity index (χ0v) is 15.0. The van der Waals surface area contributed by atoms with Crippen LogP contribution >= 0.6 is 15.9 Å². The van der Waals surface area contributed by atoms with E-state index in [1.807, 2.05) is 0 Å². The van der Waals surface area contributed by atoms with Crippen molar-refractivity contribution in [1.29, 1.82) is 0 Å². The van der Waals surface area contributed by atoms with Crippen molar-refractivity contribution in [1.82, 2.24) is 0 Å². The lowest BCUT2D eigenvalue weighted by Gasteiger charge is -2.35. The predicted octanol–water partition coefficient (Wildman–Crippen LogP) is 4.89. The van der Waals surface area contributed by atoms with Gasteiger partial charge in [-0.25, -0.2) is 0 Å². The van der Waals surface area contributed by atoms with E-state index in [2.05, 4.69) is 52.9 Å². The molecule has 1 aromatic rings. The quantitative estimate of drug-likeness (QED) is 0.789. The van der Waals surface area contributed by atoms with E-state index in [0.717, 1.165) is 25.4 Å². The number of hydrogen-bond acceptors (Lipinski definition) is 2. The first-order valence-electron chi connectivity index (χ1n) is 8.46. The first kappa shape index (κ1) is 16.8. The van der Waals surface area contributed by atoms with E-state index in [0.29, 0.717) is 0 Å². The van der Waals surface area contributed by atoms with E-state index in [4.69, 9.17) is 5.73 Å². The zero-order chi connectivity index (χ0) is 15.2. The molecule has 0 radical (unpaired) electrons.